The number of anilines is 2. The Kier molecular flexibility index (Phi) is 5.71. The van der Waals surface area contributed by atoms with Crippen molar-refractivity contribution in [1.82, 2.24) is 9.97 Å². The number of hydrogen-bond donors (Lipinski definition) is 2. The minimum atomic E-state index is -4.40. The summed E-state index contributed by atoms with van der Waals surface area (Å²) in [6.45, 7) is 5.89. The van der Waals surface area contributed by atoms with Crippen LogP contribution in [0.3, 0.4) is 0 Å². The number of fused-ring (bicyclic) bond motifs is 1. The standard InChI is InChI=1S/C24H19F3N4S/c1-14-6-9-20(31-15(2)17-4-3-5-19(10-17)24(25,26)27)11-16(14)7-8-18-12-32-22-21(18)29-13-30-23(22)28/h3-13,31H,2H2,1H3,(H2,28,29,30)/b8-7+. The average Bonchev–Trinajstić information content (AvgIpc) is 3.18. The van der Waals surface area contributed by atoms with Gasteiger partial charge >= 0.3 is 6.18 Å². The van der Waals surface area contributed by atoms with E-state index in [1.807, 2.05) is 42.7 Å². The molecule has 0 aliphatic rings. The van der Waals surface area contributed by atoms with Crippen molar-refractivity contribution < 1.29 is 13.2 Å². The van der Waals surface area contributed by atoms with Crippen LogP contribution in [0.5, 0.6) is 0 Å². The average molecular weight is 453 g/mol. The first-order valence-electron chi connectivity index (χ1n) is 9.62. The van der Waals surface area contributed by atoms with E-state index in [0.29, 0.717) is 17.1 Å². The number of aromatic nitrogens is 2. The molecule has 0 bridgehead atoms. The van der Waals surface area contributed by atoms with Gasteiger partial charge in [-0.1, -0.05) is 36.9 Å². The molecule has 0 atom stereocenters. The molecule has 0 radical (unpaired) electrons. The van der Waals surface area contributed by atoms with Crippen molar-refractivity contribution in [3.8, 4) is 0 Å². The molecule has 0 saturated carbocycles. The van der Waals surface area contributed by atoms with Gasteiger partial charge in [-0.25, -0.2) is 9.97 Å². The zero-order valence-electron chi connectivity index (χ0n) is 17.1. The van der Waals surface area contributed by atoms with Gasteiger partial charge in [-0.05, 0) is 47.9 Å². The van der Waals surface area contributed by atoms with E-state index in [4.69, 9.17) is 5.73 Å². The summed E-state index contributed by atoms with van der Waals surface area (Å²) in [6, 6.07) is 10.8. The number of nitrogen functional groups attached to an aromatic ring is 1. The Morgan fingerprint density at radius 3 is 2.66 bits per heavy atom. The van der Waals surface area contributed by atoms with Crippen molar-refractivity contribution >= 4 is 50.9 Å². The lowest BCUT2D eigenvalue weighted by molar-refractivity contribution is -0.137. The summed E-state index contributed by atoms with van der Waals surface area (Å²) in [5.74, 6) is 0.454. The molecule has 0 spiro atoms. The number of rotatable bonds is 5. The van der Waals surface area contributed by atoms with Crippen LogP contribution in [-0.2, 0) is 6.18 Å². The first-order valence-corrected chi connectivity index (χ1v) is 10.5. The van der Waals surface area contributed by atoms with E-state index in [9.17, 15) is 13.2 Å². The Labute approximate surface area is 187 Å². The van der Waals surface area contributed by atoms with Crippen LogP contribution in [0.25, 0.3) is 28.1 Å². The lowest BCUT2D eigenvalue weighted by Crippen LogP contribution is -2.06. The van der Waals surface area contributed by atoms with Crippen LogP contribution in [0.4, 0.5) is 24.7 Å². The number of benzene rings is 2. The van der Waals surface area contributed by atoms with Crippen LogP contribution in [0, 0.1) is 6.92 Å². The molecule has 162 valence electrons. The predicted octanol–water partition coefficient (Wildman–Crippen LogP) is 6.85. The van der Waals surface area contributed by atoms with Crippen molar-refractivity contribution in [3.63, 3.8) is 0 Å². The van der Waals surface area contributed by atoms with Gasteiger partial charge in [0, 0.05) is 22.3 Å². The van der Waals surface area contributed by atoms with E-state index >= 15 is 0 Å². The molecule has 2 heterocycles. The van der Waals surface area contributed by atoms with Crippen LogP contribution in [0.15, 0.2) is 60.8 Å². The van der Waals surface area contributed by atoms with Gasteiger partial charge in [0.1, 0.15) is 12.1 Å². The summed E-state index contributed by atoms with van der Waals surface area (Å²) < 4.78 is 39.9. The van der Waals surface area contributed by atoms with Crippen LogP contribution in [0.2, 0.25) is 0 Å². The summed E-state index contributed by atoms with van der Waals surface area (Å²) in [6.07, 6.45) is 0.961. The minimum Gasteiger partial charge on any atom is -0.382 e. The van der Waals surface area contributed by atoms with Crippen molar-refractivity contribution in [2.45, 2.75) is 13.1 Å². The third kappa shape index (κ3) is 4.50. The molecule has 0 amide bonds. The monoisotopic (exact) mass is 452 g/mol. The van der Waals surface area contributed by atoms with Gasteiger partial charge in [-0.15, -0.1) is 11.3 Å². The number of nitrogens with one attached hydrogen (secondary N) is 1. The topological polar surface area (TPSA) is 63.8 Å². The summed E-state index contributed by atoms with van der Waals surface area (Å²) >= 11 is 1.49. The number of hydrogen-bond acceptors (Lipinski definition) is 5. The zero-order chi connectivity index (χ0) is 22.9. The molecule has 2 aromatic heterocycles. The van der Waals surface area contributed by atoms with Gasteiger partial charge in [-0.2, -0.15) is 13.2 Å². The van der Waals surface area contributed by atoms with Crippen LogP contribution < -0.4 is 11.1 Å². The summed E-state index contributed by atoms with van der Waals surface area (Å²) in [5.41, 5.74) is 10.4. The molecular formula is C24H19F3N4S. The predicted molar refractivity (Wildman–Crippen MR) is 126 cm³/mol. The molecule has 3 N–H and O–H groups in total. The number of halogens is 3. The highest BCUT2D eigenvalue weighted by molar-refractivity contribution is 7.18. The SMILES string of the molecule is C=C(Nc1ccc(C)c(/C=C/c2csc3c(N)ncnc23)c1)c1cccc(C(F)(F)F)c1. The van der Waals surface area contributed by atoms with E-state index in [1.54, 1.807) is 6.07 Å². The number of nitrogens with two attached hydrogens (primary N) is 1. The van der Waals surface area contributed by atoms with Crippen LogP contribution >= 0.6 is 11.3 Å². The Hall–Kier alpha value is -3.65. The molecule has 4 nitrogen and oxygen atoms in total. The molecule has 0 aliphatic carbocycles. The third-order valence-electron chi connectivity index (χ3n) is 4.96. The third-order valence-corrected chi connectivity index (χ3v) is 5.97. The summed E-state index contributed by atoms with van der Waals surface area (Å²) in [5, 5.41) is 5.08. The fourth-order valence-corrected chi connectivity index (χ4v) is 4.10. The highest BCUT2D eigenvalue weighted by Gasteiger charge is 2.30. The Bertz CT molecular complexity index is 1340. The number of nitrogens with zero attached hydrogens (tertiary/aromatic N) is 2. The largest absolute Gasteiger partial charge is 0.416 e. The molecule has 0 unspecified atom stereocenters. The van der Waals surface area contributed by atoms with Gasteiger partial charge < -0.3 is 11.1 Å². The van der Waals surface area contributed by atoms with E-state index in [-0.39, 0.29) is 0 Å². The van der Waals surface area contributed by atoms with Gasteiger partial charge in [0.2, 0.25) is 0 Å². The van der Waals surface area contributed by atoms with Crippen molar-refractivity contribution in [2.24, 2.45) is 0 Å². The second-order valence-corrected chi connectivity index (χ2v) is 8.09. The molecule has 4 aromatic rings. The van der Waals surface area contributed by atoms with Gasteiger partial charge in [0.25, 0.3) is 0 Å². The maximum Gasteiger partial charge on any atom is 0.416 e. The first-order chi connectivity index (χ1) is 15.2. The molecular weight excluding hydrogens is 433 g/mol. The number of aryl methyl sites for hydroxylation is 1. The Balaban J connectivity index is 1.57. The zero-order valence-corrected chi connectivity index (χ0v) is 17.9. The van der Waals surface area contributed by atoms with Crippen molar-refractivity contribution in [2.75, 3.05) is 11.1 Å². The number of thiophene rings is 1. The van der Waals surface area contributed by atoms with E-state index in [0.717, 1.165) is 44.7 Å². The summed E-state index contributed by atoms with van der Waals surface area (Å²) in [7, 11) is 0. The van der Waals surface area contributed by atoms with Gasteiger partial charge in [0.05, 0.1) is 15.8 Å². The molecule has 2 aromatic carbocycles. The molecule has 8 heteroatoms. The second kappa shape index (κ2) is 8.47. The normalized spacial score (nSPS) is 11.9. The smallest absolute Gasteiger partial charge is 0.382 e. The second-order valence-electron chi connectivity index (χ2n) is 7.21. The molecule has 4 rings (SSSR count). The Morgan fingerprint density at radius 1 is 1.09 bits per heavy atom. The quantitative estimate of drug-likeness (QED) is 0.347. The van der Waals surface area contributed by atoms with Gasteiger partial charge in [-0.3, -0.25) is 0 Å². The molecule has 32 heavy (non-hydrogen) atoms. The fourth-order valence-electron chi connectivity index (χ4n) is 3.21. The minimum absolute atomic E-state index is 0.375. The molecule has 0 aliphatic heterocycles. The summed E-state index contributed by atoms with van der Waals surface area (Å²) in [4.78, 5) is 8.33. The fraction of sp³-hybridized carbons (Fsp3) is 0.0833. The maximum absolute atomic E-state index is 13.0. The van der Waals surface area contributed by atoms with Gasteiger partial charge in [0.15, 0.2) is 0 Å². The maximum atomic E-state index is 13.0. The van der Waals surface area contributed by atoms with Crippen molar-refractivity contribution in [3.05, 3.63) is 88.6 Å². The van der Waals surface area contributed by atoms with Crippen molar-refractivity contribution in [1.29, 1.82) is 0 Å². The van der Waals surface area contributed by atoms with E-state index in [1.165, 1.54) is 23.7 Å². The number of alkyl halides is 3. The van der Waals surface area contributed by atoms with Crippen LogP contribution in [0.1, 0.15) is 27.8 Å². The highest BCUT2D eigenvalue weighted by atomic mass is 32.1. The lowest BCUT2D eigenvalue weighted by atomic mass is 10.1. The van der Waals surface area contributed by atoms with Crippen LogP contribution in [-0.4, -0.2) is 9.97 Å². The Morgan fingerprint density at radius 2 is 1.88 bits per heavy atom. The molecule has 0 saturated heterocycles. The van der Waals surface area contributed by atoms with E-state index in [2.05, 4.69) is 21.9 Å². The van der Waals surface area contributed by atoms with E-state index < -0.39 is 11.7 Å². The highest BCUT2D eigenvalue weighted by Crippen LogP contribution is 2.32. The first kappa shape index (κ1) is 21.6. The molecule has 0 fully saturated rings. The lowest BCUT2D eigenvalue weighted by Gasteiger charge is -2.13.